The zero-order valence-corrected chi connectivity index (χ0v) is 13.7. The van der Waals surface area contributed by atoms with Gasteiger partial charge in [0.05, 0.1) is 5.39 Å². The first-order chi connectivity index (χ1) is 11.1. The lowest BCUT2D eigenvalue weighted by atomic mass is 10.3. The lowest BCUT2D eigenvalue weighted by Gasteiger charge is -2.16. The number of amides is 1. The molecule has 1 saturated heterocycles. The summed E-state index contributed by atoms with van der Waals surface area (Å²) in [6.45, 7) is 2.17. The zero-order chi connectivity index (χ0) is 16.0. The Labute approximate surface area is 135 Å². The van der Waals surface area contributed by atoms with Crippen molar-refractivity contribution in [3.8, 4) is 0 Å². The fourth-order valence-electron chi connectivity index (χ4n) is 3.38. The normalized spacial score (nSPS) is 24.9. The molecule has 2 aromatic rings. The molecule has 0 radical (unpaired) electrons. The van der Waals surface area contributed by atoms with Gasteiger partial charge in [-0.3, -0.25) is 4.79 Å². The van der Waals surface area contributed by atoms with Crippen molar-refractivity contribution in [3.05, 3.63) is 18.6 Å². The van der Waals surface area contributed by atoms with Crippen LogP contribution in [-0.2, 0) is 4.79 Å². The van der Waals surface area contributed by atoms with Gasteiger partial charge >= 0.3 is 0 Å². The van der Waals surface area contributed by atoms with Crippen LogP contribution < -0.4 is 4.90 Å². The highest BCUT2D eigenvalue weighted by molar-refractivity contribution is 5.86. The van der Waals surface area contributed by atoms with Gasteiger partial charge in [-0.15, -0.1) is 0 Å². The average molecular weight is 313 g/mol. The van der Waals surface area contributed by atoms with Crippen molar-refractivity contribution in [1.29, 1.82) is 0 Å². The molecule has 1 amide bonds. The van der Waals surface area contributed by atoms with E-state index in [1.54, 1.807) is 6.33 Å². The van der Waals surface area contributed by atoms with Crippen LogP contribution in [0.25, 0.3) is 11.0 Å². The summed E-state index contributed by atoms with van der Waals surface area (Å²) in [4.78, 5) is 26.9. The second-order valence-electron chi connectivity index (χ2n) is 7.11. The molecule has 1 aliphatic heterocycles. The van der Waals surface area contributed by atoms with Crippen LogP contribution in [0, 0.1) is 17.8 Å². The fraction of sp³-hybridized carbons (Fsp3) is 0.588. The molecule has 6 nitrogen and oxygen atoms in total. The minimum atomic E-state index is 0.437. The van der Waals surface area contributed by atoms with Crippen LogP contribution in [0.1, 0.15) is 19.3 Å². The molecule has 0 aromatic carbocycles. The lowest BCUT2D eigenvalue weighted by molar-refractivity contribution is -0.132. The van der Waals surface area contributed by atoms with Gasteiger partial charge in [0.2, 0.25) is 5.91 Å². The molecule has 6 heteroatoms. The van der Waals surface area contributed by atoms with Gasteiger partial charge < -0.3 is 14.8 Å². The van der Waals surface area contributed by atoms with E-state index in [2.05, 4.69) is 19.9 Å². The van der Waals surface area contributed by atoms with Gasteiger partial charge in [-0.1, -0.05) is 0 Å². The first-order valence-electron chi connectivity index (χ1n) is 8.37. The van der Waals surface area contributed by atoms with Gasteiger partial charge in [-0.2, -0.15) is 0 Å². The highest BCUT2D eigenvalue weighted by Gasteiger charge is 2.48. The van der Waals surface area contributed by atoms with Crippen molar-refractivity contribution >= 4 is 22.8 Å². The summed E-state index contributed by atoms with van der Waals surface area (Å²) in [5.74, 6) is 3.64. The van der Waals surface area contributed by atoms with Crippen LogP contribution in [0.4, 0.5) is 5.82 Å². The van der Waals surface area contributed by atoms with Gasteiger partial charge in [0.1, 0.15) is 17.8 Å². The number of anilines is 1. The van der Waals surface area contributed by atoms with Crippen molar-refractivity contribution < 1.29 is 4.79 Å². The second-order valence-corrected chi connectivity index (χ2v) is 7.11. The maximum atomic E-state index is 11.5. The largest absolute Gasteiger partial charge is 0.362 e. The van der Waals surface area contributed by atoms with Crippen molar-refractivity contribution in [2.45, 2.75) is 19.3 Å². The number of carbonyl (C=O) groups excluding carboxylic acids is 1. The van der Waals surface area contributed by atoms with Crippen molar-refractivity contribution in [2.75, 3.05) is 32.1 Å². The summed E-state index contributed by atoms with van der Waals surface area (Å²) in [7, 11) is 3.93. The number of H-pyrrole nitrogens is 1. The quantitative estimate of drug-likeness (QED) is 0.919. The molecule has 3 fully saturated rings. The molecular weight excluding hydrogens is 290 g/mol. The fourth-order valence-corrected chi connectivity index (χ4v) is 3.38. The van der Waals surface area contributed by atoms with E-state index in [1.807, 2.05) is 31.3 Å². The molecule has 0 bridgehead atoms. The smallest absolute Gasteiger partial charge is 0.225 e. The Balaban J connectivity index is 0.000000118. The number of hydrogen-bond acceptors (Lipinski definition) is 4. The Morgan fingerprint density at radius 2 is 2.00 bits per heavy atom. The number of likely N-dealkylation sites (tertiary alicyclic amines) is 1. The number of piperidine rings is 1. The van der Waals surface area contributed by atoms with Gasteiger partial charge in [-0.05, 0) is 37.2 Å². The van der Waals surface area contributed by atoms with Crippen LogP contribution in [-0.4, -0.2) is 52.9 Å². The van der Waals surface area contributed by atoms with E-state index >= 15 is 0 Å². The molecule has 2 atom stereocenters. The highest BCUT2D eigenvalue weighted by atomic mass is 16.2. The van der Waals surface area contributed by atoms with E-state index in [4.69, 9.17) is 0 Å². The molecule has 2 aliphatic carbocycles. The van der Waals surface area contributed by atoms with Gasteiger partial charge in [0.15, 0.2) is 0 Å². The first-order valence-corrected chi connectivity index (χ1v) is 8.37. The molecule has 122 valence electrons. The van der Waals surface area contributed by atoms with Crippen LogP contribution in [0.2, 0.25) is 0 Å². The maximum Gasteiger partial charge on any atom is 0.225 e. The van der Waals surface area contributed by atoms with Gasteiger partial charge in [0.25, 0.3) is 0 Å². The minimum Gasteiger partial charge on any atom is -0.362 e. The predicted molar refractivity (Wildman–Crippen MR) is 89.1 cm³/mol. The lowest BCUT2D eigenvalue weighted by Crippen LogP contribution is -2.31. The number of fused-ring (bicyclic) bond motifs is 2. The number of aromatic amines is 1. The van der Waals surface area contributed by atoms with Gasteiger partial charge in [-0.25, -0.2) is 9.97 Å². The Morgan fingerprint density at radius 1 is 1.26 bits per heavy atom. The molecule has 2 aromatic heterocycles. The monoisotopic (exact) mass is 313 g/mol. The summed E-state index contributed by atoms with van der Waals surface area (Å²) in [6.07, 6.45) is 7.14. The predicted octanol–water partition coefficient (Wildman–Crippen LogP) is 1.90. The molecule has 1 N–H and O–H groups in total. The van der Waals surface area contributed by atoms with E-state index in [9.17, 15) is 4.79 Å². The third kappa shape index (κ3) is 2.90. The topological polar surface area (TPSA) is 65.1 Å². The summed E-state index contributed by atoms with van der Waals surface area (Å²) < 4.78 is 0. The Morgan fingerprint density at radius 3 is 2.65 bits per heavy atom. The molecule has 3 heterocycles. The molecule has 2 saturated carbocycles. The standard InChI is InChI=1S/C9H13NO.C8H10N4/c11-9(6-1-2-6)10-4-7-3-8(7)5-10;1-12(2)8-6-3-4-9-7(6)10-5-11-8/h6-8H,1-5H2;3-5H,1-2H3,(H,9,10,11). The molecular formula is C17H23N5O. The Bertz CT molecular complexity index is 711. The van der Waals surface area contributed by atoms with Crippen molar-refractivity contribution in [3.63, 3.8) is 0 Å². The Hall–Kier alpha value is -2.11. The molecule has 0 spiro atoms. The average Bonchev–Trinajstić information content (AvgIpc) is 3.44. The van der Waals surface area contributed by atoms with Crippen molar-refractivity contribution in [2.24, 2.45) is 17.8 Å². The third-order valence-corrected chi connectivity index (χ3v) is 4.97. The summed E-state index contributed by atoms with van der Waals surface area (Å²) in [5.41, 5.74) is 0.883. The number of aromatic nitrogens is 3. The van der Waals surface area contributed by atoms with Crippen LogP contribution >= 0.6 is 0 Å². The number of rotatable bonds is 2. The van der Waals surface area contributed by atoms with E-state index in [1.165, 1.54) is 6.42 Å². The van der Waals surface area contributed by atoms with Crippen LogP contribution in [0.5, 0.6) is 0 Å². The summed E-state index contributed by atoms with van der Waals surface area (Å²) in [5, 5.41) is 1.06. The molecule has 23 heavy (non-hydrogen) atoms. The number of carbonyl (C=O) groups is 1. The summed E-state index contributed by atoms with van der Waals surface area (Å²) >= 11 is 0. The van der Waals surface area contributed by atoms with Crippen LogP contribution in [0.15, 0.2) is 18.6 Å². The number of nitrogens with zero attached hydrogens (tertiary/aromatic N) is 4. The first kappa shape index (κ1) is 14.5. The third-order valence-electron chi connectivity index (χ3n) is 4.97. The summed E-state index contributed by atoms with van der Waals surface area (Å²) in [6, 6.07) is 1.98. The molecule has 3 aliphatic rings. The van der Waals surface area contributed by atoms with E-state index < -0.39 is 0 Å². The number of nitrogens with one attached hydrogen (secondary N) is 1. The van der Waals surface area contributed by atoms with Crippen LogP contribution in [0.3, 0.4) is 0 Å². The second kappa shape index (κ2) is 5.51. The Kier molecular flexibility index (Phi) is 3.47. The minimum absolute atomic E-state index is 0.437. The highest BCUT2D eigenvalue weighted by Crippen LogP contribution is 2.46. The van der Waals surface area contributed by atoms with E-state index in [-0.39, 0.29) is 0 Å². The van der Waals surface area contributed by atoms with E-state index in [0.717, 1.165) is 54.6 Å². The zero-order valence-electron chi connectivity index (χ0n) is 13.7. The van der Waals surface area contributed by atoms with E-state index in [0.29, 0.717) is 11.8 Å². The van der Waals surface area contributed by atoms with Gasteiger partial charge in [0, 0.05) is 39.3 Å². The SMILES string of the molecule is CN(C)c1ncnc2[nH]ccc12.O=C(C1CC1)N1CC2CC2C1. The molecule has 2 unspecified atom stereocenters. The molecule has 5 rings (SSSR count). The number of hydrogen-bond donors (Lipinski definition) is 1. The maximum absolute atomic E-state index is 11.5. The van der Waals surface area contributed by atoms with Crippen molar-refractivity contribution in [1.82, 2.24) is 19.9 Å².